The number of aromatic nitrogens is 2. The summed E-state index contributed by atoms with van der Waals surface area (Å²) in [4.78, 5) is 7.04. The molecule has 114 valence electrons. The average molecular weight is 327 g/mol. The van der Waals surface area contributed by atoms with Gasteiger partial charge in [0, 0.05) is 5.56 Å². The van der Waals surface area contributed by atoms with Gasteiger partial charge in [0.05, 0.1) is 17.3 Å². The largest absolute Gasteiger partial charge is 0.433 e. The summed E-state index contributed by atoms with van der Waals surface area (Å²) in [6, 6.07) is 8.50. The molecule has 0 aliphatic heterocycles. The molecule has 0 saturated carbocycles. The fourth-order valence-electron chi connectivity index (χ4n) is 1.77. The number of thiol groups is 1. The van der Waals surface area contributed by atoms with Crippen LogP contribution in [0.4, 0.5) is 13.2 Å². The van der Waals surface area contributed by atoms with E-state index in [0.717, 1.165) is 0 Å². The van der Waals surface area contributed by atoms with Crippen molar-refractivity contribution in [3.8, 4) is 17.3 Å². The van der Waals surface area contributed by atoms with Crippen molar-refractivity contribution < 1.29 is 21.6 Å². The molecule has 0 N–H and O–H groups in total. The summed E-state index contributed by atoms with van der Waals surface area (Å²) in [5.41, 5.74) is -1.09. The molecule has 0 bridgehead atoms. The molecule has 0 atom stereocenters. The van der Waals surface area contributed by atoms with Crippen LogP contribution in [0.3, 0.4) is 0 Å². The number of hydrogen-bond acceptors (Lipinski definition) is 5. The molecule has 0 aliphatic rings. The van der Waals surface area contributed by atoms with Crippen LogP contribution in [0.2, 0.25) is 0 Å². The number of nitrogens with zero attached hydrogens (tertiary/aromatic N) is 3. The molecule has 2 aromatic rings. The van der Waals surface area contributed by atoms with E-state index in [4.69, 9.17) is 5.26 Å². The van der Waals surface area contributed by atoms with E-state index in [-0.39, 0.29) is 16.8 Å². The van der Waals surface area contributed by atoms with Gasteiger partial charge in [-0.15, -0.1) is 0 Å². The standard InChI is InChI=1S/C13H8F3N3O2S/c14-13(15,16)11-5-10(18-12(19-11)7-22(20)21)9-4-2-1-3-8(9)6-17/h1-5,22H,7H2. The van der Waals surface area contributed by atoms with Crippen molar-refractivity contribution in [3.05, 3.63) is 47.4 Å². The monoisotopic (exact) mass is 327 g/mol. The molecule has 1 aromatic carbocycles. The zero-order valence-corrected chi connectivity index (χ0v) is 11.7. The summed E-state index contributed by atoms with van der Waals surface area (Å²) in [5.74, 6) is -1.17. The van der Waals surface area contributed by atoms with Crippen molar-refractivity contribution in [1.82, 2.24) is 9.97 Å². The van der Waals surface area contributed by atoms with Gasteiger partial charge >= 0.3 is 6.18 Å². The lowest BCUT2D eigenvalue weighted by atomic mass is 10.0. The summed E-state index contributed by atoms with van der Waals surface area (Å²) in [7, 11) is -2.97. The van der Waals surface area contributed by atoms with Gasteiger partial charge in [-0.1, -0.05) is 18.2 Å². The molecule has 9 heteroatoms. The van der Waals surface area contributed by atoms with Crippen molar-refractivity contribution >= 4 is 10.7 Å². The van der Waals surface area contributed by atoms with Gasteiger partial charge in [0.1, 0.15) is 28.0 Å². The molecule has 5 nitrogen and oxygen atoms in total. The zero-order chi connectivity index (χ0) is 16.3. The van der Waals surface area contributed by atoms with Gasteiger partial charge in [0.2, 0.25) is 0 Å². The summed E-state index contributed by atoms with van der Waals surface area (Å²) >= 11 is 0. The Kier molecular flexibility index (Phi) is 4.42. The maximum absolute atomic E-state index is 12.9. The highest BCUT2D eigenvalue weighted by Gasteiger charge is 2.34. The minimum Gasteiger partial charge on any atom is -0.232 e. The number of hydrogen-bond donors (Lipinski definition) is 1. The molecule has 0 unspecified atom stereocenters. The maximum Gasteiger partial charge on any atom is 0.433 e. The SMILES string of the molecule is N#Cc1ccccc1-c1cc(C(F)(F)F)nc(C[SH](=O)=O)n1. The Labute approximate surface area is 125 Å². The lowest BCUT2D eigenvalue weighted by Crippen LogP contribution is -2.12. The van der Waals surface area contributed by atoms with Crippen LogP contribution in [0.1, 0.15) is 17.1 Å². The van der Waals surface area contributed by atoms with Gasteiger partial charge in [-0.25, -0.2) is 18.4 Å². The second kappa shape index (κ2) is 6.11. The minimum absolute atomic E-state index is 0.131. The Morgan fingerprint density at radius 3 is 2.45 bits per heavy atom. The Bertz CT molecular complexity index is 818. The third-order valence-corrected chi connectivity index (χ3v) is 3.20. The van der Waals surface area contributed by atoms with E-state index in [1.54, 1.807) is 12.1 Å². The zero-order valence-electron chi connectivity index (χ0n) is 10.8. The van der Waals surface area contributed by atoms with Gasteiger partial charge in [0.25, 0.3) is 0 Å². The predicted molar refractivity (Wildman–Crippen MR) is 71.2 cm³/mol. The van der Waals surface area contributed by atoms with E-state index in [1.165, 1.54) is 12.1 Å². The van der Waals surface area contributed by atoms with Gasteiger partial charge in [-0.05, 0) is 12.1 Å². The third-order valence-electron chi connectivity index (χ3n) is 2.66. The van der Waals surface area contributed by atoms with Crippen LogP contribution in [0.15, 0.2) is 30.3 Å². The molecular formula is C13H8F3N3O2S. The molecule has 0 radical (unpaired) electrons. The number of benzene rings is 1. The Balaban J connectivity index is 2.67. The third kappa shape index (κ3) is 3.59. The van der Waals surface area contributed by atoms with Crippen LogP contribution in [0, 0.1) is 11.3 Å². The van der Waals surface area contributed by atoms with Gasteiger partial charge < -0.3 is 0 Å². The number of alkyl halides is 3. The molecule has 0 spiro atoms. The lowest BCUT2D eigenvalue weighted by Gasteiger charge is -2.10. The van der Waals surface area contributed by atoms with Crippen LogP contribution in [-0.2, 0) is 22.6 Å². The molecule has 1 aromatic heterocycles. The summed E-state index contributed by atoms with van der Waals surface area (Å²) in [6.45, 7) is 0. The van der Waals surface area contributed by atoms with Crippen molar-refractivity contribution in [3.63, 3.8) is 0 Å². The number of halogens is 3. The smallest absolute Gasteiger partial charge is 0.232 e. The van der Waals surface area contributed by atoms with Crippen LogP contribution in [0.5, 0.6) is 0 Å². The first-order chi connectivity index (χ1) is 10.3. The maximum atomic E-state index is 12.9. The highest BCUT2D eigenvalue weighted by atomic mass is 32.2. The topological polar surface area (TPSA) is 83.7 Å². The first kappa shape index (κ1) is 15.9. The average Bonchev–Trinajstić information content (AvgIpc) is 2.45. The molecule has 0 amide bonds. The van der Waals surface area contributed by atoms with Gasteiger partial charge in [-0.3, -0.25) is 0 Å². The van der Waals surface area contributed by atoms with Crippen LogP contribution in [0.25, 0.3) is 11.3 Å². The van der Waals surface area contributed by atoms with Crippen molar-refractivity contribution in [1.29, 1.82) is 5.26 Å². The van der Waals surface area contributed by atoms with Crippen molar-refractivity contribution in [2.24, 2.45) is 0 Å². The Morgan fingerprint density at radius 2 is 1.86 bits per heavy atom. The summed E-state index contributed by atoms with van der Waals surface area (Å²) in [6.07, 6.45) is -4.75. The molecule has 1 heterocycles. The molecule has 0 fully saturated rings. The van der Waals surface area contributed by atoms with Crippen LogP contribution < -0.4 is 0 Å². The number of nitriles is 1. The Morgan fingerprint density at radius 1 is 1.18 bits per heavy atom. The van der Waals surface area contributed by atoms with E-state index in [1.807, 2.05) is 6.07 Å². The van der Waals surface area contributed by atoms with E-state index in [2.05, 4.69) is 9.97 Å². The second-order valence-electron chi connectivity index (χ2n) is 4.20. The Hall–Kier alpha value is -2.47. The minimum atomic E-state index is -4.75. The second-order valence-corrected chi connectivity index (χ2v) is 5.18. The van der Waals surface area contributed by atoms with E-state index in [0.29, 0.717) is 6.07 Å². The number of rotatable bonds is 3. The predicted octanol–water partition coefficient (Wildman–Crippen LogP) is 2.15. The summed E-state index contributed by atoms with van der Waals surface area (Å²) < 4.78 is 60.1. The molecule has 0 aliphatic carbocycles. The van der Waals surface area contributed by atoms with Gasteiger partial charge in [-0.2, -0.15) is 18.4 Å². The van der Waals surface area contributed by atoms with Gasteiger partial charge in [0.15, 0.2) is 0 Å². The normalized spacial score (nSPS) is 11.4. The fourth-order valence-corrected chi connectivity index (χ4v) is 2.14. The summed E-state index contributed by atoms with van der Waals surface area (Å²) in [5, 5.41) is 9.01. The first-order valence-electron chi connectivity index (χ1n) is 5.87. The highest BCUT2D eigenvalue weighted by molar-refractivity contribution is 7.71. The quantitative estimate of drug-likeness (QED) is 0.873. The van der Waals surface area contributed by atoms with Crippen molar-refractivity contribution in [2.45, 2.75) is 11.9 Å². The molecule has 22 heavy (non-hydrogen) atoms. The molecule has 2 rings (SSSR count). The van der Waals surface area contributed by atoms with Crippen LogP contribution in [-0.4, -0.2) is 18.4 Å². The van der Waals surface area contributed by atoms with E-state index in [9.17, 15) is 21.6 Å². The van der Waals surface area contributed by atoms with E-state index < -0.39 is 34.2 Å². The van der Waals surface area contributed by atoms with Crippen LogP contribution >= 0.6 is 0 Å². The van der Waals surface area contributed by atoms with Crippen molar-refractivity contribution in [2.75, 3.05) is 0 Å². The first-order valence-corrected chi connectivity index (χ1v) is 7.24. The fraction of sp³-hybridized carbons (Fsp3) is 0.154. The lowest BCUT2D eigenvalue weighted by molar-refractivity contribution is -0.141. The molecule has 0 saturated heterocycles. The van der Waals surface area contributed by atoms with E-state index >= 15 is 0 Å². The molecular weight excluding hydrogens is 319 g/mol. The highest BCUT2D eigenvalue weighted by Crippen LogP contribution is 2.31.